The van der Waals surface area contributed by atoms with Gasteiger partial charge in [0.2, 0.25) is 0 Å². The number of likely N-dealkylation sites (tertiary alicyclic amines) is 1. The molecule has 1 saturated carbocycles. The summed E-state index contributed by atoms with van der Waals surface area (Å²) in [6, 6.07) is 9.01. The van der Waals surface area contributed by atoms with Crippen LogP contribution in [0.3, 0.4) is 0 Å². The van der Waals surface area contributed by atoms with Crippen LogP contribution in [0.25, 0.3) is 0 Å². The number of rotatable bonds is 3. The maximum atomic E-state index is 9.55. The molecule has 1 aromatic rings. The molecule has 2 fully saturated rings. The summed E-state index contributed by atoms with van der Waals surface area (Å²) in [6.45, 7) is 2.61. The number of hydrogen-bond acceptors (Lipinski definition) is 3. The smallest absolute Gasteiger partial charge is 0.328 e. The molecule has 0 unspecified atom stereocenters. The Morgan fingerprint density at radius 3 is 2.24 bits per heavy atom. The van der Waals surface area contributed by atoms with Crippen molar-refractivity contribution in [1.29, 1.82) is 0 Å². The van der Waals surface area contributed by atoms with Crippen LogP contribution in [-0.2, 0) is 9.59 Å². The third kappa shape index (κ3) is 5.97. The fourth-order valence-electron chi connectivity index (χ4n) is 3.96. The van der Waals surface area contributed by atoms with E-state index in [0.717, 1.165) is 17.8 Å². The first-order valence-corrected chi connectivity index (χ1v) is 9.24. The highest BCUT2D eigenvalue weighted by Gasteiger charge is 2.39. The van der Waals surface area contributed by atoms with Gasteiger partial charge in [0.1, 0.15) is 0 Å². The van der Waals surface area contributed by atoms with Crippen molar-refractivity contribution in [2.75, 3.05) is 20.1 Å². The van der Waals surface area contributed by atoms with E-state index >= 15 is 0 Å². The van der Waals surface area contributed by atoms with Crippen LogP contribution < -0.4 is 0 Å². The molecule has 0 amide bonds. The minimum absolute atomic E-state index is 0.558. The minimum atomic E-state index is -1.26. The molecule has 3 rings (SSSR count). The SMILES string of the molecule is CN1C[C@@H]2CCC[C@H](c3ccc(Br)cc3)[C@@H]2C1.O=C(O)/C=C/C(=O)O. The molecule has 6 heteroatoms. The average molecular weight is 410 g/mol. The van der Waals surface area contributed by atoms with Crippen LogP contribution in [0, 0.1) is 11.8 Å². The van der Waals surface area contributed by atoms with Gasteiger partial charge in [0.15, 0.2) is 0 Å². The molecule has 5 nitrogen and oxygen atoms in total. The molecule has 1 aliphatic carbocycles. The molecule has 136 valence electrons. The first-order valence-electron chi connectivity index (χ1n) is 8.44. The number of carbonyl (C=O) groups is 2. The Morgan fingerprint density at radius 2 is 1.68 bits per heavy atom. The highest BCUT2D eigenvalue weighted by atomic mass is 79.9. The van der Waals surface area contributed by atoms with Crippen molar-refractivity contribution in [1.82, 2.24) is 4.90 Å². The normalized spacial score (nSPS) is 25.9. The molecule has 2 aliphatic rings. The highest BCUT2D eigenvalue weighted by Crippen LogP contribution is 2.44. The number of carboxylic acid groups (broad SMARTS) is 2. The van der Waals surface area contributed by atoms with Gasteiger partial charge >= 0.3 is 11.9 Å². The number of fused-ring (bicyclic) bond motifs is 1. The maximum Gasteiger partial charge on any atom is 0.328 e. The van der Waals surface area contributed by atoms with Gasteiger partial charge in [-0.3, -0.25) is 0 Å². The summed E-state index contributed by atoms with van der Waals surface area (Å²) in [7, 11) is 2.27. The first-order chi connectivity index (χ1) is 11.9. The molecule has 0 spiro atoms. The minimum Gasteiger partial charge on any atom is -0.478 e. The molecule has 1 aromatic carbocycles. The van der Waals surface area contributed by atoms with E-state index in [1.54, 1.807) is 5.56 Å². The standard InChI is InChI=1S/C15H20BrN.C4H4O4/c1-17-9-12-3-2-4-14(15(12)10-17)11-5-7-13(16)8-6-11;5-3(6)1-2-4(7)8/h5-8,12,14-15H,2-4,9-10H2,1H3;1-2H,(H,5,6)(H,7,8)/b;2-1+/t12-,14+,15+;/m0./s1. The van der Waals surface area contributed by atoms with Gasteiger partial charge in [-0.25, -0.2) is 9.59 Å². The van der Waals surface area contributed by atoms with E-state index in [9.17, 15) is 9.59 Å². The summed E-state index contributed by atoms with van der Waals surface area (Å²) in [6.07, 6.45) is 5.36. The Kier molecular flexibility index (Phi) is 7.20. The molecule has 1 aliphatic heterocycles. The number of benzene rings is 1. The maximum absolute atomic E-state index is 9.55. The van der Waals surface area contributed by atoms with Gasteiger partial charge in [-0.05, 0) is 55.3 Å². The molecule has 1 heterocycles. The lowest BCUT2D eigenvalue weighted by Crippen LogP contribution is -2.25. The van der Waals surface area contributed by atoms with Gasteiger partial charge in [0.05, 0.1) is 0 Å². The van der Waals surface area contributed by atoms with E-state index in [2.05, 4.69) is 52.1 Å². The largest absolute Gasteiger partial charge is 0.478 e. The predicted octanol–water partition coefficient (Wildman–Crippen LogP) is 3.61. The van der Waals surface area contributed by atoms with Crippen molar-refractivity contribution in [2.45, 2.75) is 25.2 Å². The van der Waals surface area contributed by atoms with Crippen LogP contribution in [0.4, 0.5) is 0 Å². The molecular weight excluding hydrogens is 386 g/mol. The molecule has 0 aromatic heterocycles. The second-order valence-corrected chi connectivity index (χ2v) is 7.66. The Labute approximate surface area is 156 Å². The van der Waals surface area contributed by atoms with Crippen LogP contribution in [-0.4, -0.2) is 47.2 Å². The second-order valence-electron chi connectivity index (χ2n) is 6.74. The van der Waals surface area contributed by atoms with Gasteiger partial charge in [-0.15, -0.1) is 0 Å². The van der Waals surface area contributed by atoms with Gasteiger partial charge < -0.3 is 15.1 Å². The summed E-state index contributed by atoms with van der Waals surface area (Å²) >= 11 is 3.53. The molecule has 25 heavy (non-hydrogen) atoms. The average Bonchev–Trinajstić information content (AvgIpc) is 2.94. The number of aliphatic carboxylic acids is 2. The number of halogens is 1. The van der Waals surface area contributed by atoms with Gasteiger partial charge in [-0.2, -0.15) is 0 Å². The predicted molar refractivity (Wildman–Crippen MR) is 99.6 cm³/mol. The van der Waals surface area contributed by atoms with Gasteiger partial charge in [0, 0.05) is 29.7 Å². The zero-order chi connectivity index (χ0) is 18.4. The lowest BCUT2D eigenvalue weighted by molar-refractivity contribution is -0.134. The van der Waals surface area contributed by atoms with E-state index in [0.29, 0.717) is 12.2 Å². The van der Waals surface area contributed by atoms with Crippen LogP contribution in [0.5, 0.6) is 0 Å². The third-order valence-corrected chi connectivity index (χ3v) is 5.48. The summed E-state index contributed by atoms with van der Waals surface area (Å²) in [5.41, 5.74) is 1.55. The van der Waals surface area contributed by atoms with E-state index in [1.165, 1.54) is 36.8 Å². The zero-order valence-corrected chi connectivity index (χ0v) is 15.9. The Hall–Kier alpha value is -1.66. The monoisotopic (exact) mass is 409 g/mol. The van der Waals surface area contributed by atoms with E-state index in [1.807, 2.05) is 0 Å². The van der Waals surface area contributed by atoms with E-state index in [4.69, 9.17) is 10.2 Å². The van der Waals surface area contributed by atoms with Crippen molar-refractivity contribution in [3.63, 3.8) is 0 Å². The number of carboxylic acids is 2. The summed E-state index contributed by atoms with van der Waals surface area (Å²) in [5.74, 6) is 0.129. The number of hydrogen-bond donors (Lipinski definition) is 2. The second kappa shape index (κ2) is 9.15. The fraction of sp³-hybridized carbons (Fsp3) is 0.474. The molecular formula is C19H24BrNO4. The summed E-state index contributed by atoms with van der Waals surface area (Å²) in [5, 5.41) is 15.6. The third-order valence-electron chi connectivity index (χ3n) is 4.95. The molecule has 2 N–H and O–H groups in total. The van der Waals surface area contributed by atoms with Crippen molar-refractivity contribution in [3.8, 4) is 0 Å². The quantitative estimate of drug-likeness (QED) is 0.745. The van der Waals surface area contributed by atoms with E-state index < -0.39 is 11.9 Å². The van der Waals surface area contributed by atoms with Crippen LogP contribution in [0.2, 0.25) is 0 Å². The van der Waals surface area contributed by atoms with Crippen molar-refractivity contribution >= 4 is 27.9 Å². The van der Waals surface area contributed by atoms with Crippen LogP contribution in [0.15, 0.2) is 40.9 Å². The topological polar surface area (TPSA) is 77.8 Å². The molecule has 3 atom stereocenters. The lowest BCUT2D eigenvalue weighted by atomic mass is 9.71. The van der Waals surface area contributed by atoms with Crippen LogP contribution >= 0.6 is 15.9 Å². The van der Waals surface area contributed by atoms with Crippen molar-refractivity contribution < 1.29 is 19.8 Å². The fourth-order valence-corrected chi connectivity index (χ4v) is 4.23. The Balaban J connectivity index is 0.000000242. The highest BCUT2D eigenvalue weighted by molar-refractivity contribution is 9.10. The van der Waals surface area contributed by atoms with Crippen LogP contribution in [0.1, 0.15) is 30.7 Å². The molecule has 1 saturated heterocycles. The van der Waals surface area contributed by atoms with Gasteiger partial charge in [-0.1, -0.05) is 34.5 Å². The summed E-state index contributed by atoms with van der Waals surface area (Å²) < 4.78 is 1.19. The van der Waals surface area contributed by atoms with Gasteiger partial charge in [0.25, 0.3) is 0 Å². The van der Waals surface area contributed by atoms with Crippen molar-refractivity contribution in [2.24, 2.45) is 11.8 Å². The lowest BCUT2D eigenvalue weighted by Gasteiger charge is -2.33. The van der Waals surface area contributed by atoms with E-state index in [-0.39, 0.29) is 0 Å². The number of nitrogens with zero attached hydrogens (tertiary/aromatic N) is 1. The first kappa shape index (κ1) is 19.7. The Morgan fingerprint density at radius 1 is 1.08 bits per heavy atom. The van der Waals surface area contributed by atoms with Crippen molar-refractivity contribution in [3.05, 3.63) is 46.5 Å². The Bertz CT molecular complexity index is 613. The molecule has 0 radical (unpaired) electrons. The molecule has 0 bridgehead atoms. The summed E-state index contributed by atoms with van der Waals surface area (Å²) in [4.78, 5) is 21.6. The zero-order valence-electron chi connectivity index (χ0n) is 14.3.